The summed E-state index contributed by atoms with van der Waals surface area (Å²) in [6, 6.07) is 2.58. The Hall–Kier alpha value is -2.02. The first kappa shape index (κ1) is 16.8. The van der Waals surface area contributed by atoms with E-state index < -0.39 is 35.5 Å². The minimum atomic E-state index is -4.58. The third-order valence-electron chi connectivity index (χ3n) is 4.59. The molecule has 0 aliphatic heterocycles. The molecule has 0 unspecified atom stereocenters. The van der Waals surface area contributed by atoms with E-state index in [1.54, 1.807) is 12.2 Å². The number of carboxylic acid groups (broad SMARTS) is 1. The van der Waals surface area contributed by atoms with Gasteiger partial charge in [-0.25, -0.2) is 0 Å². The lowest BCUT2D eigenvalue weighted by molar-refractivity contribution is -0.313. The molecule has 1 N–H and O–H groups in total. The van der Waals surface area contributed by atoms with Gasteiger partial charge in [-0.2, -0.15) is 13.2 Å². The van der Waals surface area contributed by atoms with E-state index in [1.165, 1.54) is 0 Å². The zero-order valence-electron chi connectivity index (χ0n) is 12.1. The number of rotatable bonds is 3. The summed E-state index contributed by atoms with van der Waals surface area (Å²) in [5.41, 5.74) is -1.15. The zero-order valence-corrected chi connectivity index (χ0v) is 12.9. The Labute approximate surface area is 140 Å². The molecule has 0 heterocycles. The second kappa shape index (κ2) is 5.81. The average Bonchev–Trinajstić information content (AvgIpc) is 3.08. The quantitative estimate of drug-likeness (QED) is 0.844. The molecule has 3 rings (SSSR count). The fourth-order valence-electron chi connectivity index (χ4n) is 3.51. The summed E-state index contributed by atoms with van der Waals surface area (Å²) >= 11 is 5.85. The number of fused-ring (bicyclic) bond motifs is 2. The van der Waals surface area contributed by atoms with Crippen LogP contribution in [0.5, 0.6) is 0 Å². The summed E-state index contributed by atoms with van der Waals surface area (Å²) in [5.74, 6) is -4.40. The molecule has 1 aromatic rings. The Kier molecular flexibility index (Phi) is 4.07. The van der Waals surface area contributed by atoms with Crippen molar-refractivity contribution in [1.29, 1.82) is 0 Å². The highest BCUT2D eigenvalue weighted by Gasteiger charge is 2.48. The molecule has 1 aromatic carbocycles. The van der Waals surface area contributed by atoms with Crippen molar-refractivity contribution < 1.29 is 27.9 Å². The molecule has 128 valence electrons. The SMILES string of the molecule is O=C([O-])[C@@H]1[C@@H](C(=O)Nc2cc(C(F)(F)F)ccc2Cl)[C@H]2C=C[C@H]1C2. The molecule has 2 aliphatic carbocycles. The van der Waals surface area contributed by atoms with Crippen LogP contribution in [-0.4, -0.2) is 11.9 Å². The molecule has 4 atom stereocenters. The van der Waals surface area contributed by atoms with Crippen LogP contribution in [0.25, 0.3) is 0 Å². The van der Waals surface area contributed by atoms with Gasteiger partial charge in [-0.3, -0.25) is 4.79 Å². The van der Waals surface area contributed by atoms with Crippen LogP contribution < -0.4 is 10.4 Å². The highest BCUT2D eigenvalue weighted by molar-refractivity contribution is 6.33. The van der Waals surface area contributed by atoms with Crippen molar-refractivity contribution >= 4 is 29.2 Å². The molecule has 0 saturated heterocycles. The number of anilines is 1. The van der Waals surface area contributed by atoms with E-state index in [0.717, 1.165) is 18.2 Å². The normalized spacial score (nSPS) is 28.2. The number of nitrogens with one attached hydrogen (secondary N) is 1. The second-order valence-corrected chi connectivity index (χ2v) is 6.41. The molecule has 1 amide bonds. The first-order valence-corrected chi connectivity index (χ1v) is 7.63. The largest absolute Gasteiger partial charge is 0.550 e. The van der Waals surface area contributed by atoms with Crippen LogP contribution in [0.2, 0.25) is 5.02 Å². The van der Waals surface area contributed by atoms with Gasteiger partial charge in [0.05, 0.1) is 22.2 Å². The van der Waals surface area contributed by atoms with Crippen LogP contribution in [0.1, 0.15) is 12.0 Å². The van der Waals surface area contributed by atoms with Crippen molar-refractivity contribution in [2.45, 2.75) is 12.6 Å². The van der Waals surface area contributed by atoms with Gasteiger partial charge in [0.1, 0.15) is 0 Å². The van der Waals surface area contributed by atoms with Crippen LogP contribution in [0.15, 0.2) is 30.4 Å². The van der Waals surface area contributed by atoms with Gasteiger partial charge in [0.15, 0.2) is 0 Å². The molecular weight excluding hydrogens is 347 g/mol. The maximum atomic E-state index is 12.8. The maximum absolute atomic E-state index is 12.8. The van der Waals surface area contributed by atoms with Gasteiger partial charge in [0.25, 0.3) is 0 Å². The highest BCUT2D eigenvalue weighted by atomic mass is 35.5. The third kappa shape index (κ3) is 2.88. The molecule has 2 aliphatic rings. The van der Waals surface area contributed by atoms with Gasteiger partial charge in [0, 0.05) is 11.9 Å². The third-order valence-corrected chi connectivity index (χ3v) is 4.92. The Bertz CT molecular complexity index is 732. The zero-order chi connectivity index (χ0) is 17.6. The summed E-state index contributed by atoms with van der Waals surface area (Å²) < 4.78 is 38.3. The topological polar surface area (TPSA) is 69.2 Å². The molecule has 0 spiro atoms. The minimum Gasteiger partial charge on any atom is -0.550 e. The van der Waals surface area contributed by atoms with E-state index in [2.05, 4.69) is 5.32 Å². The van der Waals surface area contributed by atoms with Crippen LogP contribution in [0.3, 0.4) is 0 Å². The standard InChI is InChI=1S/C16H13ClF3NO3/c17-10-4-3-9(16(18,19)20)6-11(10)21-14(22)12-7-1-2-8(5-7)13(12)15(23)24/h1-4,6-8,12-13H,5H2,(H,21,22)(H,23,24)/p-1/t7-,8-,12-,13-/m0/s1. The number of benzene rings is 1. The number of halogens is 4. The molecule has 1 saturated carbocycles. The number of allylic oxidation sites excluding steroid dienone is 2. The summed E-state index contributed by atoms with van der Waals surface area (Å²) in [4.78, 5) is 23.8. The first-order valence-electron chi connectivity index (χ1n) is 7.25. The number of aliphatic carboxylic acids is 1. The van der Waals surface area contributed by atoms with E-state index in [1.807, 2.05) is 0 Å². The molecule has 4 nitrogen and oxygen atoms in total. The minimum absolute atomic E-state index is 0.0555. The molecule has 8 heteroatoms. The number of hydrogen-bond acceptors (Lipinski definition) is 3. The summed E-state index contributed by atoms with van der Waals surface area (Å²) in [6.07, 6.45) is -0.548. The van der Waals surface area contributed by atoms with Gasteiger partial charge in [-0.1, -0.05) is 23.8 Å². The van der Waals surface area contributed by atoms with Gasteiger partial charge >= 0.3 is 6.18 Å². The Morgan fingerprint density at radius 1 is 1.17 bits per heavy atom. The lowest BCUT2D eigenvalue weighted by Crippen LogP contribution is -2.42. The van der Waals surface area contributed by atoms with Crippen molar-refractivity contribution in [1.82, 2.24) is 0 Å². The summed E-state index contributed by atoms with van der Waals surface area (Å²) in [6.45, 7) is 0. The van der Waals surface area contributed by atoms with E-state index in [-0.39, 0.29) is 22.5 Å². The number of carboxylic acids is 1. The van der Waals surface area contributed by atoms with Crippen LogP contribution in [0, 0.1) is 23.7 Å². The number of carbonyl (C=O) groups is 2. The van der Waals surface area contributed by atoms with E-state index in [9.17, 15) is 27.9 Å². The van der Waals surface area contributed by atoms with E-state index in [4.69, 9.17) is 11.6 Å². The van der Waals surface area contributed by atoms with Gasteiger partial charge in [-0.05, 0) is 36.5 Å². The van der Waals surface area contributed by atoms with E-state index in [0.29, 0.717) is 6.42 Å². The Morgan fingerprint density at radius 2 is 1.79 bits per heavy atom. The monoisotopic (exact) mass is 358 g/mol. The summed E-state index contributed by atoms with van der Waals surface area (Å²) in [7, 11) is 0. The Balaban J connectivity index is 1.85. The van der Waals surface area contributed by atoms with Gasteiger partial charge in [0.2, 0.25) is 5.91 Å². The molecule has 0 aromatic heterocycles. The van der Waals surface area contributed by atoms with Crippen LogP contribution in [0.4, 0.5) is 18.9 Å². The molecule has 1 fully saturated rings. The summed E-state index contributed by atoms with van der Waals surface area (Å²) in [5, 5.41) is 13.6. The smallest absolute Gasteiger partial charge is 0.416 e. The number of hydrogen-bond donors (Lipinski definition) is 1. The average molecular weight is 359 g/mol. The van der Waals surface area contributed by atoms with Gasteiger partial charge < -0.3 is 15.2 Å². The maximum Gasteiger partial charge on any atom is 0.416 e. The number of alkyl halides is 3. The predicted molar refractivity (Wildman–Crippen MR) is 77.8 cm³/mol. The fourth-order valence-corrected chi connectivity index (χ4v) is 3.68. The van der Waals surface area contributed by atoms with Crippen molar-refractivity contribution in [2.75, 3.05) is 5.32 Å². The van der Waals surface area contributed by atoms with Gasteiger partial charge in [-0.15, -0.1) is 0 Å². The number of amides is 1. The predicted octanol–water partition coefficient (Wildman–Crippen LogP) is 2.49. The highest BCUT2D eigenvalue weighted by Crippen LogP contribution is 2.48. The Morgan fingerprint density at radius 3 is 2.38 bits per heavy atom. The van der Waals surface area contributed by atoms with Crippen molar-refractivity contribution in [3.8, 4) is 0 Å². The number of carbonyl (C=O) groups excluding carboxylic acids is 2. The van der Waals surface area contributed by atoms with Crippen molar-refractivity contribution in [3.05, 3.63) is 40.9 Å². The van der Waals surface area contributed by atoms with Crippen LogP contribution >= 0.6 is 11.6 Å². The second-order valence-electron chi connectivity index (χ2n) is 6.00. The van der Waals surface area contributed by atoms with Crippen molar-refractivity contribution in [2.24, 2.45) is 23.7 Å². The lowest BCUT2D eigenvalue weighted by atomic mass is 9.82. The lowest BCUT2D eigenvalue weighted by Gasteiger charge is -2.28. The molecule has 2 bridgehead atoms. The molecule has 24 heavy (non-hydrogen) atoms. The van der Waals surface area contributed by atoms with E-state index >= 15 is 0 Å². The molecule has 0 radical (unpaired) electrons. The van der Waals surface area contributed by atoms with Crippen LogP contribution in [-0.2, 0) is 15.8 Å². The van der Waals surface area contributed by atoms with Crippen molar-refractivity contribution in [3.63, 3.8) is 0 Å². The molecular formula is C16H12ClF3NO3-. The fraction of sp³-hybridized carbons (Fsp3) is 0.375. The first-order chi connectivity index (χ1) is 11.2.